The SMILES string of the molecule is COC(=O)CCCC=CCCCCCCCCO. The molecule has 0 heterocycles. The van der Waals surface area contributed by atoms with Gasteiger partial charge in [-0.3, -0.25) is 4.79 Å². The van der Waals surface area contributed by atoms with E-state index >= 15 is 0 Å². The van der Waals surface area contributed by atoms with Gasteiger partial charge in [-0.25, -0.2) is 0 Å². The highest BCUT2D eigenvalue weighted by Crippen LogP contribution is 2.08. The van der Waals surface area contributed by atoms with Gasteiger partial charge in [0.05, 0.1) is 7.11 Å². The summed E-state index contributed by atoms with van der Waals surface area (Å²) in [4.78, 5) is 10.8. The van der Waals surface area contributed by atoms with Crippen molar-refractivity contribution in [2.75, 3.05) is 13.7 Å². The van der Waals surface area contributed by atoms with E-state index in [4.69, 9.17) is 5.11 Å². The number of hydrogen-bond acceptors (Lipinski definition) is 3. The van der Waals surface area contributed by atoms with E-state index in [-0.39, 0.29) is 5.97 Å². The normalized spacial score (nSPS) is 11.0. The van der Waals surface area contributed by atoms with Gasteiger partial charge < -0.3 is 9.84 Å². The molecule has 0 aromatic carbocycles. The van der Waals surface area contributed by atoms with Crippen LogP contribution in [0.2, 0.25) is 0 Å². The molecule has 0 spiro atoms. The molecule has 0 aliphatic rings. The molecule has 106 valence electrons. The van der Waals surface area contributed by atoms with Crippen molar-refractivity contribution in [3.63, 3.8) is 0 Å². The molecule has 0 radical (unpaired) electrons. The lowest BCUT2D eigenvalue weighted by Gasteiger charge is -1.99. The summed E-state index contributed by atoms with van der Waals surface area (Å²) in [5.41, 5.74) is 0. The molecule has 0 aliphatic heterocycles. The van der Waals surface area contributed by atoms with Crippen molar-refractivity contribution in [3.8, 4) is 0 Å². The molecule has 0 saturated heterocycles. The van der Waals surface area contributed by atoms with Crippen LogP contribution in [0.5, 0.6) is 0 Å². The molecule has 0 aromatic heterocycles. The quantitative estimate of drug-likeness (QED) is 0.329. The Balaban J connectivity index is 3.11. The van der Waals surface area contributed by atoms with E-state index in [9.17, 15) is 4.79 Å². The Labute approximate surface area is 111 Å². The zero-order valence-corrected chi connectivity index (χ0v) is 11.7. The molecule has 3 nitrogen and oxygen atoms in total. The third-order valence-corrected chi connectivity index (χ3v) is 2.92. The lowest BCUT2D eigenvalue weighted by atomic mass is 10.1. The smallest absolute Gasteiger partial charge is 0.305 e. The van der Waals surface area contributed by atoms with Crippen molar-refractivity contribution in [2.45, 2.75) is 64.2 Å². The maximum Gasteiger partial charge on any atom is 0.305 e. The minimum Gasteiger partial charge on any atom is -0.469 e. The molecule has 18 heavy (non-hydrogen) atoms. The average molecular weight is 256 g/mol. The van der Waals surface area contributed by atoms with Crippen LogP contribution in [0.1, 0.15) is 64.2 Å². The first kappa shape index (κ1) is 17.2. The summed E-state index contributed by atoms with van der Waals surface area (Å²) < 4.78 is 4.57. The molecule has 0 fully saturated rings. The summed E-state index contributed by atoms with van der Waals surface area (Å²) >= 11 is 0. The summed E-state index contributed by atoms with van der Waals surface area (Å²) in [6.45, 7) is 0.328. The number of unbranched alkanes of at least 4 members (excludes halogenated alkanes) is 7. The number of rotatable bonds is 12. The summed E-state index contributed by atoms with van der Waals surface area (Å²) in [7, 11) is 1.43. The van der Waals surface area contributed by atoms with E-state index in [1.54, 1.807) is 0 Å². The highest BCUT2D eigenvalue weighted by Gasteiger charge is 1.96. The molecule has 0 saturated carbocycles. The van der Waals surface area contributed by atoms with Crippen molar-refractivity contribution >= 4 is 5.97 Å². The van der Waals surface area contributed by atoms with Crippen molar-refractivity contribution in [1.29, 1.82) is 0 Å². The molecule has 0 aliphatic carbocycles. The average Bonchev–Trinajstić information content (AvgIpc) is 2.39. The molecule has 0 atom stereocenters. The Morgan fingerprint density at radius 1 is 0.944 bits per heavy atom. The van der Waals surface area contributed by atoms with Crippen molar-refractivity contribution in [2.24, 2.45) is 0 Å². The maximum atomic E-state index is 10.8. The largest absolute Gasteiger partial charge is 0.469 e. The number of hydrogen-bond donors (Lipinski definition) is 1. The van der Waals surface area contributed by atoms with Gasteiger partial charge >= 0.3 is 5.97 Å². The van der Waals surface area contributed by atoms with Crippen LogP contribution in [-0.2, 0) is 9.53 Å². The third-order valence-electron chi connectivity index (χ3n) is 2.92. The number of allylic oxidation sites excluding steroid dienone is 2. The predicted molar refractivity (Wildman–Crippen MR) is 74.4 cm³/mol. The Bertz CT molecular complexity index is 212. The molecule has 0 amide bonds. The lowest BCUT2D eigenvalue weighted by Crippen LogP contribution is -1.98. The van der Waals surface area contributed by atoms with Crippen molar-refractivity contribution in [3.05, 3.63) is 12.2 Å². The number of aliphatic hydroxyl groups is 1. The Morgan fingerprint density at radius 2 is 1.50 bits per heavy atom. The monoisotopic (exact) mass is 256 g/mol. The topological polar surface area (TPSA) is 46.5 Å². The van der Waals surface area contributed by atoms with E-state index in [0.717, 1.165) is 32.1 Å². The van der Waals surface area contributed by atoms with Gasteiger partial charge in [0.1, 0.15) is 0 Å². The standard InChI is InChI=1S/C15H28O3/c1-18-15(17)13-11-9-7-5-3-2-4-6-8-10-12-14-16/h5,7,16H,2-4,6,8-14H2,1H3. The fraction of sp³-hybridized carbons (Fsp3) is 0.800. The van der Waals surface area contributed by atoms with Crippen LogP contribution in [0.4, 0.5) is 0 Å². The number of carbonyl (C=O) groups excluding carboxylic acids is 1. The number of ether oxygens (including phenoxy) is 1. The molecule has 0 bridgehead atoms. The zero-order valence-electron chi connectivity index (χ0n) is 11.7. The van der Waals surface area contributed by atoms with Gasteiger partial charge in [0.2, 0.25) is 0 Å². The minimum atomic E-state index is -0.119. The van der Waals surface area contributed by atoms with Gasteiger partial charge in [-0.15, -0.1) is 0 Å². The number of esters is 1. The third kappa shape index (κ3) is 13.2. The van der Waals surface area contributed by atoms with Crippen molar-refractivity contribution in [1.82, 2.24) is 0 Å². The maximum absolute atomic E-state index is 10.8. The molecule has 1 N–H and O–H groups in total. The van der Waals surface area contributed by atoms with Crippen LogP contribution in [0.15, 0.2) is 12.2 Å². The molecular weight excluding hydrogens is 228 g/mol. The van der Waals surface area contributed by atoms with Gasteiger partial charge in [0.25, 0.3) is 0 Å². The second-order valence-corrected chi connectivity index (χ2v) is 4.57. The fourth-order valence-corrected chi connectivity index (χ4v) is 1.78. The highest BCUT2D eigenvalue weighted by atomic mass is 16.5. The zero-order chi connectivity index (χ0) is 13.5. The first-order valence-corrected chi connectivity index (χ1v) is 7.14. The fourth-order valence-electron chi connectivity index (χ4n) is 1.78. The van der Waals surface area contributed by atoms with Crippen LogP contribution in [0.25, 0.3) is 0 Å². The van der Waals surface area contributed by atoms with E-state index in [1.165, 1.54) is 32.8 Å². The van der Waals surface area contributed by atoms with Crippen LogP contribution in [-0.4, -0.2) is 24.8 Å². The van der Waals surface area contributed by atoms with Gasteiger partial charge in [0.15, 0.2) is 0 Å². The minimum absolute atomic E-state index is 0.119. The summed E-state index contributed by atoms with van der Waals surface area (Å²) in [6.07, 6.45) is 15.0. The molecule has 0 unspecified atom stereocenters. The number of aliphatic hydroxyl groups excluding tert-OH is 1. The summed E-state index contributed by atoms with van der Waals surface area (Å²) in [5, 5.41) is 8.62. The number of methoxy groups -OCH3 is 1. The summed E-state index contributed by atoms with van der Waals surface area (Å²) in [6, 6.07) is 0. The van der Waals surface area contributed by atoms with Gasteiger partial charge in [-0.05, 0) is 32.1 Å². The Morgan fingerprint density at radius 3 is 2.11 bits per heavy atom. The number of carbonyl (C=O) groups is 1. The molecule has 0 rings (SSSR count). The van der Waals surface area contributed by atoms with Gasteiger partial charge in [0, 0.05) is 13.0 Å². The van der Waals surface area contributed by atoms with E-state index in [0.29, 0.717) is 13.0 Å². The lowest BCUT2D eigenvalue weighted by molar-refractivity contribution is -0.140. The molecular formula is C15H28O3. The first-order chi connectivity index (χ1) is 8.81. The Hall–Kier alpha value is -0.830. The van der Waals surface area contributed by atoms with Crippen molar-refractivity contribution < 1.29 is 14.6 Å². The second-order valence-electron chi connectivity index (χ2n) is 4.57. The van der Waals surface area contributed by atoms with Gasteiger partial charge in [-0.1, -0.05) is 37.8 Å². The van der Waals surface area contributed by atoms with E-state index in [1.807, 2.05) is 0 Å². The van der Waals surface area contributed by atoms with Crippen LogP contribution >= 0.6 is 0 Å². The summed E-state index contributed by atoms with van der Waals surface area (Å²) in [5.74, 6) is -0.119. The van der Waals surface area contributed by atoms with Crippen LogP contribution in [0.3, 0.4) is 0 Å². The predicted octanol–water partition coefficient (Wildman–Crippen LogP) is 3.61. The highest BCUT2D eigenvalue weighted by molar-refractivity contribution is 5.68. The van der Waals surface area contributed by atoms with E-state index in [2.05, 4.69) is 16.9 Å². The second kappa shape index (κ2) is 14.2. The van der Waals surface area contributed by atoms with E-state index < -0.39 is 0 Å². The van der Waals surface area contributed by atoms with Crippen LogP contribution in [0, 0.1) is 0 Å². The molecule has 3 heteroatoms. The Kier molecular flexibility index (Phi) is 13.6. The van der Waals surface area contributed by atoms with Gasteiger partial charge in [-0.2, -0.15) is 0 Å². The first-order valence-electron chi connectivity index (χ1n) is 7.14. The molecule has 0 aromatic rings. The van der Waals surface area contributed by atoms with Crippen LogP contribution < -0.4 is 0 Å².